The summed E-state index contributed by atoms with van der Waals surface area (Å²) in [6, 6.07) is 15.2. The topological polar surface area (TPSA) is 138 Å². The van der Waals surface area contributed by atoms with E-state index in [4.69, 9.17) is 10.5 Å². The highest BCUT2D eigenvalue weighted by atomic mass is 32.2. The monoisotopic (exact) mass is 565 g/mol. The number of benzene rings is 2. The minimum Gasteiger partial charge on any atom is -0.760 e. The van der Waals surface area contributed by atoms with Gasteiger partial charge in [0.1, 0.15) is 0 Å². The summed E-state index contributed by atoms with van der Waals surface area (Å²) in [4.78, 5) is 13.1. The summed E-state index contributed by atoms with van der Waals surface area (Å²) in [5.41, 5.74) is 7.18. The van der Waals surface area contributed by atoms with E-state index in [-0.39, 0.29) is 23.5 Å². The van der Waals surface area contributed by atoms with Gasteiger partial charge in [0.25, 0.3) is 0 Å². The second-order valence-electron chi connectivity index (χ2n) is 9.46. The zero-order chi connectivity index (χ0) is 28.1. The van der Waals surface area contributed by atoms with Gasteiger partial charge < -0.3 is 20.3 Å². The Morgan fingerprint density at radius 3 is 2.48 bits per heavy atom. The van der Waals surface area contributed by atoms with Gasteiger partial charge in [0, 0.05) is 41.3 Å². The van der Waals surface area contributed by atoms with Gasteiger partial charge in [-0.3, -0.25) is 4.21 Å². The minimum absolute atomic E-state index is 0.0141. The Balaban J connectivity index is 1.41. The summed E-state index contributed by atoms with van der Waals surface area (Å²) >= 11 is -2.73. The molecule has 4 N–H and O–H groups in total. The molecule has 9 nitrogen and oxygen atoms in total. The predicted octanol–water partition coefficient (Wildman–Crippen LogP) is 4.76. The van der Waals surface area contributed by atoms with Crippen molar-refractivity contribution in [2.45, 2.75) is 43.8 Å². The predicted molar refractivity (Wildman–Crippen MR) is 146 cm³/mol. The lowest BCUT2D eigenvalue weighted by molar-refractivity contribution is 0.401. The van der Waals surface area contributed by atoms with Gasteiger partial charge in [-0.2, -0.15) is 4.39 Å². The van der Waals surface area contributed by atoms with Crippen LogP contribution in [0.3, 0.4) is 0 Å². The lowest BCUT2D eigenvalue weighted by Crippen LogP contribution is -2.33. The molecular formula is C28H27F2N6O3S-. The van der Waals surface area contributed by atoms with Crippen LogP contribution in [-0.4, -0.2) is 35.8 Å². The van der Waals surface area contributed by atoms with Gasteiger partial charge >= 0.3 is 0 Å². The summed E-state index contributed by atoms with van der Waals surface area (Å²) in [5.74, 6) is -2.50. The molecule has 0 bridgehead atoms. The van der Waals surface area contributed by atoms with E-state index >= 15 is 8.78 Å². The molecule has 0 spiro atoms. The first-order valence-electron chi connectivity index (χ1n) is 12.8. The quantitative estimate of drug-likeness (QED) is 0.247. The van der Waals surface area contributed by atoms with Crippen molar-refractivity contribution in [3.8, 4) is 22.9 Å². The van der Waals surface area contributed by atoms with Crippen molar-refractivity contribution in [3.05, 3.63) is 95.8 Å². The van der Waals surface area contributed by atoms with Gasteiger partial charge in [-0.05, 0) is 55.5 Å². The molecular weight excluding hydrogens is 538 g/mol. The van der Waals surface area contributed by atoms with E-state index < -0.39 is 34.7 Å². The molecule has 1 fully saturated rings. The normalized spacial score (nSPS) is 18.6. The maximum atomic E-state index is 15.3. The van der Waals surface area contributed by atoms with Crippen LogP contribution in [0.2, 0.25) is 0 Å². The van der Waals surface area contributed by atoms with E-state index in [1.807, 2.05) is 0 Å². The summed E-state index contributed by atoms with van der Waals surface area (Å²) in [5, 5.41) is 3.34. The molecule has 4 aromatic rings. The van der Waals surface area contributed by atoms with Crippen LogP contribution in [-0.2, 0) is 11.3 Å². The molecule has 0 radical (unpaired) electrons. The Hall–Kier alpha value is -3.84. The molecule has 12 heteroatoms. The Morgan fingerprint density at radius 2 is 1.73 bits per heavy atom. The molecule has 0 amide bonds. The van der Waals surface area contributed by atoms with Crippen LogP contribution in [0.4, 0.5) is 14.7 Å². The Bertz CT molecular complexity index is 1490. The highest BCUT2D eigenvalue weighted by molar-refractivity contribution is 7.77. The first-order chi connectivity index (χ1) is 19.4. The molecule has 1 saturated carbocycles. The summed E-state index contributed by atoms with van der Waals surface area (Å²) in [7, 11) is 0. The van der Waals surface area contributed by atoms with E-state index in [0.29, 0.717) is 22.8 Å². The highest BCUT2D eigenvalue weighted by Crippen LogP contribution is 2.35. The molecule has 40 heavy (non-hydrogen) atoms. The van der Waals surface area contributed by atoms with Crippen molar-refractivity contribution in [2.24, 2.45) is 5.73 Å². The Labute approximate surface area is 232 Å². The zero-order valence-corrected chi connectivity index (χ0v) is 22.1. The molecule has 2 unspecified atom stereocenters. The lowest BCUT2D eigenvalue weighted by atomic mass is 9.92. The number of hydrogen-bond donors (Lipinski definition) is 3. The highest BCUT2D eigenvalue weighted by Gasteiger charge is 2.24. The largest absolute Gasteiger partial charge is 0.760 e. The molecule has 2 atom stereocenters. The van der Waals surface area contributed by atoms with Gasteiger partial charge in [-0.1, -0.05) is 36.4 Å². The smallest absolute Gasteiger partial charge is 0.228 e. The molecule has 2 aromatic carbocycles. The van der Waals surface area contributed by atoms with Crippen molar-refractivity contribution in [2.75, 3.05) is 5.32 Å². The number of pyridine rings is 1. The Kier molecular flexibility index (Phi) is 8.70. The van der Waals surface area contributed by atoms with Crippen LogP contribution >= 0.6 is 0 Å². The van der Waals surface area contributed by atoms with E-state index in [0.717, 1.165) is 25.7 Å². The molecule has 2 aromatic heterocycles. The molecule has 1 aliphatic carbocycles. The number of halogens is 2. The van der Waals surface area contributed by atoms with Crippen molar-refractivity contribution >= 4 is 17.2 Å². The number of anilines is 1. The lowest BCUT2D eigenvalue weighted by Gasteiger charge is -2.26. The van der Waals surface area contributed by atoms with E-state index in [1.54, 1.807) is 54.7 Å². The van der Waals surface area contributed by atoms with Gasteiger partial charge in [0.05, 0.1) is 17.3 Å². The fourth-order valence-electron chi connectivity index (χ4n) is 4.70. The first-order valence-corrected chi connectivity index (χ1v) is 13.8. The van der Waals surface area contributed by atoms with Crippen LogP contribution in [0.1, 0.15) is 42.9 Å². The molecule has 1 aliphatic rings. The van der Waals surface area contributed by atoms with Crippen LogP contribution in [0.15, 0.2) is 73.1 Å². The second-order valence-corrected chi connectivity index (χ2v) is 10.2. The number of ether oxygens (including phenoxy) is 1. The van der Waals surface area contributed by atoms with Crippen molar-refractivity contribution in [1.82, 2.24) is 19.7 Å². The van der Waals surface area contributed by atoms with Gasteiger partial charge in [0.15, 0.2) is 11.6 Å². The molecule has 0 aliphatic heterocycles. The van der Waals surface area contributed by atoms with E-state index in [2.05, 4.69) is 25.0 Å². The number of rotatable bonds is 9. The Morgan fingerprint density at radius 1 is 0.950 bits per heavy atom. The second kappa shape index (κ2) is 12.6. The van der Waals surface area contributed by atoms with Crippen LogP contribution < -0.4 is 20.5 Å². The van der Waals surface area contributed by atoms with Crippen molar-refractivity contribution in [3.63, 3.8) is 0 Å². The zero-order valence-electron chi connectivity index (χ0n) is 21.3. The summed E-state index contributed by atoms with van der Waals surface area (Å²) in [6.07, 6.45) is 6.75. The van der Waals surface area contributed by atoms with Crippen molar-refractivity contribution < 1.29 is 22.3 Å². The summed E-state index contributed by atoms with van der Waals surface area (Å²) in [6.45, 7) is 0. The minimum atomic E-state index is -2.73. The number of hydrogen-bond acceptors (Lipinski definition) is 8. The average Bonchev–Trinajstić information content (AvgIpc) is 2.97. The molecule has 0 saturated heterocycles. The van der Waals surface area contributed by atoms with Crippen LogP contribution in [0.5, 0.6) is 11.6 Å². The maximum absolute atomic E-state index is 15.3. The van der Waals surface area contributed by atoms with Crippen molar-refractivity contribution in [1.29, 1.82) is 0 Å². The van der Waals surface area contributed by atoms with Crippen LogP contribution in [0, 0.1) is 11.6 Å². The first kappa shape index (κ1) is 27.7. The fourth-order valence-corrected chi connectivity index (χ4v) is 5.15. The molecule has 208 valence electrons. The maximum Gasteiger partial charge on any atom is 0.228 e. The third-order valence-electron chi connectivity index (χ3n) is 6.75. The van der Waals surface area contributed by atoms with E-state index in [9.17, 15) is 8.76 Å². The van der Waals surface area contributed by atoms with Gasteiger partial charge in [-0.15, -0.1) is 0 Å². The van der Waals surface area contributed by atoms with Gasteiger partial charge in [-0.25, -0.2) is 24.1 Å². The SMILES string of the molecule is NC1CCC(Nc2nccc(-c3cccnc3Oc3ccc(C(NS(=O)[O-])c4ccccc4)c(F)c3F)n2)CC1. The summed E-state index contributed by atoms with van der Waals surface area (Å²) < 4.78 is 61.4. The number of nitrogens with one attached hydrogen (secondary N) is 2. The third-order valence-corrected chi connectivity index (χ3v) is 7.18. The number of aromatic nitrogens is 3. The molecule has 2 heterocycles. The fraction of sp³-hybridized carbons (Fsp3) is 0.250. The number of nitrogens with two attached hydrogens (primary N) is 1. The van der Waals surface area contributed by atoms with Gasteiger partial charge in [0.2, 0.25) is 17.6 Å². The molecule has 5 rings (SSSR count). The number of nitrogens with zero attached hydrogens (tertiary/aromatic N) is 3. The third kappa shape index (κ3) is 6.48. The standard InChI is InChI=1S/C28H28F2N6O3S/c29-24-21(26(36-40(37)38)17-5-2-1-3-6-17)12-13-23(25(24)30)39-27-20(7-4-15-32-27)22-14-16-33-28(35-22)34-19-10-8-18(31)9-11-19/h1-7,12-16,18-19,26,36H,8-11,31H2,(H,37,38)(H,33,34,35)/p-1. The average molecular weight is 566 g/mol. The van der Waals surface area contributed by atoms with Crippen LogP contribution in [0.25, 0.3) is 11.3 Å². The van der Waals surface area contributed by atoms with E-state index in [1.165, 1.54) is 18.3 Å².